The number of hydrogen-bond acceptors (Lipinski definition) is 5. The van der Waals surface area contributed by atoms with Crippen LogP contribution in [0.3, 0.4) is 0 Å². The van der Waals surface area contributed by atoms with E-state index in [0.29, 0.717) is 25.3 Å². The number of benzene rings is 2. The Morgan fingerprint density at radius 1 is 0.767 bits per heavy atom. The van der Waals surface area contributed by atoms with E-state index >= 15 is 0 Å². The standard InChI is InChI=1S/C21H29N3O4S2/c1-22(2)17-18-24(19-9-5-3-6-10-19)30(27,28)21-13-11-20(12-14-21)29(25,26)23-15-7-4-8-16-23/h3,5-6,9-14H,4,7-8,15-18H2,1-2H3. The molecule has 0 radical (unpaired) electrons. The number of nitrogens with zero attached hydrogens (tertiary/aromatic N) is 3. The van der Waals surface area contributed by atoms with Gasteiger partial charge in [-0.2, -0.15) is 4.31 Å². The fraction of sp³-hybridized carbons (Fsp3) is 0.429. The van der Waals surface area contributed by atoms with Gasteiger partial charge >= 0.3 is 0 Å². The van der Waals surface area contributed by atoms with Crippen LogP contribution in [0, 0.1) is 0 Å². The summed E-state index contributed by atoms with van der Waals surface area (Å²) < 4.78 is 55.2. The van der Waals surface area contributed by atoms with Crippen molar-refractivity contribution in [2.24, 2.45) is 0 Å². The van der Waals surface area contributed by atoms with E-state index in [4.69, 9.17) is 0 Å². The van der Waals surface area contributed by atoms with Gasteiger partial charge in [-0.05, 0) is 63.3 Å². The van der Waals surface area contributed by atoms with Crippen molar-refractivity contribution in [3.63, 3.8) is 0 Å². The fourth-order valence-corrected chi connectivity index (χ4v) is 6.41. The summed E-state index contributed by atoms with van der Waals surface area (Å²) in [5.74, 6) is 0. The lowest BCUT2D eigenvalue weighted by Crippen LogP contribution is -2.37. The number of piperidine rings is 1. The lowest BCUT2D eigenvalue weighted by atomic mass is 10.2. The minimum atomic E-state index is -3.84. The van der Waals surface area contributed by atoms with E-state index in [1.807, 2.05) is 25.1 Å². The summed E-state index contributed by atoms with van der Waals surface area (Å²) in [6, 6.07) is 14.5. The maximum atomic E-state index is 13.4. The van der Waals surface area contributed by atoms with E-state index in [1.54, 1.807) is 24.3 Å². The van der Waals surface area contributed by atoms with Crippen molar-refractivity contribution >= 4 is 25.7 Å². The fourth-order valence-electron chi connectivity index (χ4n) is 3.44. The molecule has 9 heteroatoms. The Morgan fingerprint density at radius 3 is 1.90 bits per heavy atom. The topological polar surface area (TPSA) is 78.0 Å². The molecule has 2 aromatic carbocycles. The Hall–Kier alpha value is -1.94. The highest BCUT2D eigenvalue weighted by atomic mass is 32.2. The Bertz CT molecular complexity index is 1030. The van der Waals surface area contributed by atoms with Crippen molar-refractivity contribution in [3.05, 3.63) is 54.6 Å². The van der Waals surface area contributed by atoms with Gasteiger partial charge in [-0.25, -0.2) is 16.8 Å². The van der Waals surface area contributed by atoms with E-state index in [2.05, 4.69) is 0 Å². The molecule has 0 amide bonds. The molecule has 0 aliphatic carbocycles. The monoisotopic (exact) mass is 451 g/mol. The predicted molar refractivity (Wildman–Crippen MR) is 119 cm³/mol. The van der Waals surface area contributed by atoms with Crippen LogP contribution >= 0.6 is 0 Å². The van der Waals surface area contributed by atoms with Gasteiger partial charge in [0.15, 0.2) is 0 Å². The molecule has 0 spiro atoms. The molecular weight excluding hydrogens is 422 g/mol. The number of para-hydroxylation sites is 1. The van der Waals surface area contributed by atoms with Crippen LogP contribution in [0.15, 0.2) is 64.4 Å². The first-order valence-electron chi connectivity index (χ1n) is 10.1. The second-order valence-corrected chi connectivity index (χ2v) is 11.5. The van der Waals surface area contributed by atoms with Crippen LogP contribution in [-0.4, -0.2) is 66.3 Å². The minimum absolute atomic E-state index is 0.0719. The molecule has 7 nitrogen and oxygen atoms in total. The average molecular weight is 452 g/mol. The van der Waals surface area contributed by atoms with Crippen LogP contribution in [-0.2, 0) is 20.0 Å². The highest BCUT2D eigenvalue weighted by Crippen LogP contribution is 2.26. The quantitative estimate of drug-likeness (QED) is 0.617. The van der Waals surface area contributed by atoms with Crippen molar-refractivity contribution < 1.29 is 16.8 Å². The highest BCUT2D eigenvalue weighted by Gasteiger charge is 2.28. The Balaban J connectivity index is 1.90. The van der Waals surface area contributed by atoms with Crippen molar-refractivity contribution in [3.8, 4) is 0 Å². The van der Waals surface area contributed by atoms with Crippen LogP contribution in [0.4, 0.5) is 5.69 Å². The van der Waals surface area contributed by atoms with Gasteiger partial charge < -0.3 is 4.90 Å². The molecule has 0 N–H and O–H groups in total. The molecule has 164 valence electrons. The van der Waals surface area contributed by atoms with E-state index in [9.17, 15) is 16.8 Å². The zero-order valence-corrected chi connectivity index (χ0v) is 19.1. The molecule has 30 heavy (non-hydrogen) atoms. The van der Waals surface area contributed by atoms with Crippen molar-refractivity contribution in [2.45, 2.75) is 29.1 Å². The van der Waals surface area contributed by atoms with Gasteiger partial charge in [0.1, 0.15) is 0 Å². The van der Waals surface area contributed by atoms with Gasteiger partial charge in [0.25, 0.3) is 10.0 Å². The molecule has 2 aromatic rings. The van der Waals surface area contributed by atoms with Crippen molar-refractivity contribution in [1.82, 2.24) is 9.21 Å². The van der Waals surface area contributed by atoms with Gasteiger partial charge in [-0.3, -0.25) is 4.31 Å². The van der Waals surface area contributed by atoms with E-state index < -0.39 is 20.0 Å². The van der Waals surface area contributed by atoms with Gasteiger partial charge in [-0.15, -0.1) is 0 Å². The number of rotatable bonds is 8. The molecule has 1 aliphatic rings. The predicted octanol–water partition coefficient (Wildman–Crippen LogP) is 2.62. The largest absolute Gasteiger partial charge is 0.308 e. The Kier molecular flexibility index (Phi) is 7.18. The van der Waals surface area contributed by atoms with Crippen LogP contribution in [0.1, 0.15) is 19.3 Å². The summed E-state index contributed by atoms with van der Waals surface area (Å²) in [4.78, 5) is 2.12. The number of hydrogen-bond donors (Lipinski definition) is 0. The van der Waals surface area contributed by atoms with E-state index in [-0.39, 0.29) is 16.3 Å². The first-order chi connectivity index (χ1) is 14.2. The second-order valence-electron chi connectivity index (χ2n) is 7.65. The minimum Gasteiger partial charge on any atom is -0.308 e. The van der Waals surface area contributed by atoms with Crippen LogP contribution in [0.5, 0.6) is 0 Å². The summed E-state index contributed by atoms with van der Waals surface area (Å²) in [5.41, 5.74) is 0.573. The zero-order valence-electron chi connectivity index (χ0n) is 17.4. The molecule has 0 unspecified atom stereocenters. The highest BCUT2D eigenvalue weighted by molar-refractivity contribution is 7.92. The Morgan fingerprint density at radius 2 is 1.33 bits per heavy atom. The smallest absolute Gasteiger partial charge is 0.264 e. The average Bonchev–Trinajstić information content (AvgIpc) is 2.75. The van der Waals surface area contributed by atoms with Gasteiger partial charge in [0, 0.05) is 26.2 Å². The van der Waals surface area contributed by atoms with Crippen LogP contribution in [0.25, 0.3) is 0 Å². The third-order valence-electron chi connectivity index (χ3n) is 5.16. The lowest BCUT2D eigenvalue weighted by Gasteiger charge is -2.27. The number of anilines is 1. The molecule has 1 fully saturated rings. The summed E-state index contributed by atoms with van der Waals surface area (Å²) in [6.45, 7) is 1.85. The molecule has 0 atom stereocenters. The van der Waals surface area contributed by atoms with Gasteiger partial charge in [-0.1, -0.05) is 24.6 Å². The maximum Gasteiger partial charge on any atom is 0.264 e. The molecular formula is C21H29N3O4S2. The molecule has 0 bridgehead atoms. The van der Waals surface area contributed by atoms with Crippen molar-refractivity contribution in [1.29, 1.82) is 0 Å². The van der Waals surface area contributed by atoms with E-state index in [0.717, 1.165) is 19.3 Å². The first kappa shape index (κ1) is 22.7. The lowest BCUT2D eigenvalue weighted by molar-refractivity contribution is 0.346. The molecule has 1 heterocycles. The second kappa shape index (κ2) is 9.47. The van der Waals surface area contributed by atoms with Crippen LogP contribution in [0.2, 0.25) is 0 Å². The zero-order chi connectivity index (χ0) is 21.8. The third-order valence-corrected chi connectivity index (χ3v) is 8.91. The molecule has 0 saturated carbocycles. The molecule has 3 rings (SSSR count). The molecule has 1 saturated heterocycles. The van der Waals surface area contributed by atoms with Crippen molar-refractivity contribution in [2.75, 3.05) is 44.6 Å². The number of sulfonamides is 2. The summed E-state index contributed by atoms with van der Waals surface area (Å²) in [7, 11) is -3.67. The first-order valence-corrected chi connectivity index (χ1v) is 12.9. The molecule has 1 aliphatic heterocycles. The third kappa shape index (κ3) is 5.03. The van der Waals surface area contributed by atoms with Crippen LogP contribution < -0.4 is 4.31 Å². The summed E-state index contributed by atoms with van der Waals surface area (Å²) >= 11 is 0. The maximum absolute atomic E-state index is 13.4. The Labute approximate surface area is 180 Å². The molecule has 0 aromatic heterocycles. The summed E-state index contributed by atoms with van der Waals surface area (Å²) in [5, 5.41) is 0. The summed E-state index contributed by atoms with van der Waals surface area (Å²) in [6.07, 6.45) is 2.73. The normalized spacial score (nSPS) is 16.0. The van der Waals surface area contributed by atoms with Gasteiger partial charge in [0.05, 0.1) is 15.5 Å². The van der Waals surface area contributed by atoms with E-state index in [1.165, 1.54) is 32.9 Å². The number of likely N-dealkylation sites (N-methyl/N-ethyl adjacent to an activating group) is 1. The van der Waals surface area contributed by atoms with Gasteiger partial charge in [0.2, 0.25) is 10.0 Å². The SMILES string of the molecule is CN(C)CCN(c1ccccc1)S(=O)(=O)c1ccc(S(=O)(=O)N2CCCCC2)cc1.